The van der Waals surface area contributed by atoms with E-state index in [4.69, 9.17) is 9.29 Å². The quantitative estimate of drug-likeness (QED) is 0.523. The van der Waals surface area contributed by atoms with E-state index >= 15 is 0 Å². The van der Waals surface area contributed by atoms with Crippen LogP contribution in [0.4, 0.5) is 0 Å². The van der Waals surface area contributed by atoms with Gasteiger partial charge in [-0.05, 0) is 6.42 Å². The van der Waals surface area contributed by atoms with Crippen LogP contribution >= 0.6 is 0 Å². The fraction of sp³-hybridized carbons (Fsp3) is 1.00. The van der Waals surface area contributed by atoms with E-state index < -0.39 is 11.3 Å². The molecule has 2 unspecified atom stereocenters. The van der Waals surface area contributed by atoms with Crippen molar-refractivity contribution >= 4 is 11.3 Å². The molecule has 1 rings (SSSR count). The summed E-state index contributed by atoms with van der Waals surface area (Å²) in [6.07, 6.45) is 0.826. The summed E-state index contributed by atoms with van der Waals surface area (Å²) in [6, 6.07) is 0.0656. The van der Waals surface area contributed by atoms with E-state index in [2.05, 4.69) is 4.72 Å². The minimum Gasteiger partial charge on any atom is -0.380 e. The third-order valence-electron chi connectivity index (χ3n) is 1.20. The molecule has 0 aromatic rings. The smallest absolute Gasteiger partial charge is 0.232 e. The van der Waals surface area contributed by atoms with Gasteiger partial charge in [0.1, 0.15) is 0 Å². The zero-order valence-corrected chi connectivity index (χ0v) is 5.69. The highest BCUT2D eigenvalue weighted by Crippen LogP contribution is 2.02. The molecular formula is C4H9NO3S. The van der Waals surface area contributed by atoms with Gasteiger partial charge in [-0.3, -0.25) is 4.55 Å². The first-order valence-electron chi connectivity index (χ1n) is 2.74. The molecule has 5 heteroatoms. The maximum Gasteiger partial charge on any atom is 0.232 e. The second kappa shape index (κ2) is 3.26. The molecule has 0 amide bonds. The normalized spacial score (nSPS) is 30.6. The van der Waals surface area contributed by atoms with Crippen molar-refractivity contribution in [2.45, 2.75) is 12.5 Å². The molecule has 0 aromatic carbocycles. The van der Waals surface area contributed by atoms with Crippen LogP contribution in [-0.4, -0.2) is 28.0 Å². The summed E-state index contributed by atoms with van der Waals surface area (Å²) in [5.74, 6) is 0. The lowest BCUT2D eigenvalue weighted by Gasteiger charge is -2.03. The van der Waals surface area contributed by atoms with Crippen LogP contribution in [0.25, 0.3) is 0 Å². The highest BCUT2D eigenvalue weighted by atomic mass is 32.2. The fourth-order valence-electron chi connectivity index (χ4n) is 0.770. The molecule has 1 heterocycles. The summed E-state index contributed by atoms with van der Waals surface area (Å²) in [5, 5.41) is 0. The van der Waals surface area contributed by atoms with Gasteiger partial charge in [0.2, 0.25) is 11.3 Å². The Hall–Kier alpha value is 0.0300. The van der Waals surface area contributed by atoms with E-state index in [0.717, 1.165) is 6.42 Å². The standard InChI is InChI=1S/C4H9NO3S/c6-9(7)5-4-1-2-8-3-4/h4-5H,1-3H2,(H,6,7). The highest BCUT2D eigenvalue weighted by Gasteiger charge is 2.15. The van der Waals surface area contributed by atoms with E-state index in [1.165, 1.54) is 0 Å². The van der Waals surface area contributed by atoms with Gasteiger partial charge in [-0.15, -0.1) is 0 Å². The summed E-state index contributed by atoms with van der Waals surface area (Å²) in [7, 11) is 0. The second-order valence-corrected chi connectivity index (χ2v) is 2.66. The fourth-order valence-corrected chi connectivity index (χ4v) is 1.24. The minimum atomic E-state index is -1.89. The molecule has 1 aliphatic rings. The second-order valence-electron chi connectivity index (χ2n) is 1.93. The van der Waals surface area contributed by atoms with E-state index in [1.54, 1.807) is 0 Å². The number of rotatable bonds is 2. The Morgan fingerprint density at radius 1 is 1.78 bits per heavy atom. The van der Waals surface area contributed by atoms with Gasteiger partial charge in [-0.2, -0.15) is 0 Å². The van der Waals surface area contributed by atoms with Crippen LogP contribution in [0, 0.1) is 0 Å². The van der Waals surface area contributed by atoms with Crippen LogP contribution in [0.2, 0.25) is 0 Å². The van der Waals surface area contributed by atoms with Crippen molar-refractivity contribution in [2.75, 3.05) is 13.2 Å². The van der Waals surface area contributed by atoms with E-state index in [9.17, 15) is 4.21 Å². The van der Waals surface area contributed by atoms with Gasteiger partial charge in [0, 0.05) is 12.6 Å². The van der Waals surface area contributed by atoms with Crippen LogP contribution < -0.4 is 4.72 Å². The summed E-state index contributed by atoms with van der Waals surface area (Å²) >= 11 is -1.89. The van der Waals surface area contributed by atoms with Crippen molar-refractivity contribution in [1.82, 2.24) is 4.72 Å². The van der Waals surface area contributed by atoms with Crippen LogP contribution in [-0.2, 0) is 16.0 Å². The minimum absolute atomic E-state index is 0.0656. The molecule has 1 fully saturated rings. The first-order valence-corrected chi connectivity index (χ1v) is 3.84. The van der Waals surface area contributed by atoms with Crippen LogP contribution in [0.15, 0.2) is 0 Å². The summed E-state index contributed by atoms with van der Waals surface area (Å²) in [4.78, 5) is 0. The Morgan fingerprint density at radius 2 is 2.56 bits per heavy atom. The molecule has 9 heavy (non-hydrogen) atoms. The van der Waals surface area contributed by atoms with E-state index in [1.807, 2.05) is 0 Å². The van der Waals surface area contributed by atoms with Crippen molar-refractivity contribution in [3.8, 4) is 0 Å². The van der Waals surface area contributed by atoms with Crippen molar-refractivity contribution in [1.29, 1.82) is 0 Å². The molecule has 0 spiro atoms. The van der Waals surface area contributed by atoms with Gasteiger partial charge in [0.15, 0.2) is 0 Å². The zero-order valence-electron chi connectivity index (χ0n) is 4.87. The number of hydrogen-bond donors (Lipinski definition) is 2. The maximum atomic E-state index is 10.1. The molecule has 0 saturated carbocycles. The molecule has 4 nitrogen and oxygen atoms in total. The van der Waals surface area contributed by atoms with Crippen molar-refractivity contribution in [3.63, 3.8) is 0 Å². The maximum absolute atomic E-state index is 10.1. The Morgan fingerprint density at radius 3 is 3.00 bits per heavy atom. The molecule has 2 N–H and O–H groups in total. The average Bonchev–Trinajstić information content (AvgIpc) is 2.15. The topological polar surface area (TPSA) is 58.6 Å². The Balaban J connectivity index is 2.19. The predicted octanol–water partition coefficient (Wildman–Crippen LogP) is -0.498. The van der Waals surface area contributed by atoms with Crippen molar-refractivity contribution < 1.29 is 13.5 Å². The van der Waals surface area contributed by atoms with Gasteiger partial charge < -0.3 is 4.74 Å². The monoisotopic (exact) mass is 151 g/mol. The van der Waals surface area contributed by atoms with Gasteiger partial charge >= 0.3 is 0 Å². The number of ether oxygens (including phenoxy) is 1. The summed E-state index contributed by atoms with van der Waals surface area (Å²) < 4.78 is 25.8. The van der Waals surface area contributed by atoms with Crippen LogP contribution in [0.1, 0.15) is 6.42 Å². The first-order chi connectivity index (χ1) is 4.29. The van der Waals surface area contributed by atoms with Gasteiger partial charge in [-0.25, -0.2) is 8.93 Å². The zero-order chi connectivity index (χ0) is 6.69. The molecule has 1 saturated heterocycles. The Kier molecular flexibility index (Phi) is 2.59. The highest BCUT2D eigenvalue weighted by molar-refractivity contribution is 7.77. The molecular weight excluding hydrogens is 142 g/mol. The molecule has 1 aliphatic heterocycles. The van der Waals surface area contributed by atoms with Gasteiger partial charge in [0.05, 0.1) is 6.61 Å². The Labute approximate surface area is 56.0 Å². The van der Waals surface area contributed by atoms with Crippen LogP contribution in [0.5, 0.6) is 0 Å². The third-order valence-corrected chi connectivity index (χ3v) is 1.73. The third kappa shape index (κ3) is 2.40. The summed E-state index contributed by atoms with van der Waals surface area (Å²) in [6.45, 7) is 1.24. The average molecular weight is 151 g/mol. The van der Waals surface area contributed by atoms with Gasteiger partial charge in [-0.1, -0.05) is 0 Å². The largest absolute Gasteiger partial charge is 0.380 e. The molecule has 0 aliphatic carbocycles. The molecule has 2 atom stereocenters. The predicted molar refractivity (Wildman–Crippen MR) is 33.1 cm³/mol. The lowest BCUT2D eigenvalue weighted by molar-refractivity contribution is 0.192. The van der Waals surface area contributed by atoms with E-state index in [0.29, 0.717) is 13.2 Å². The first kappa shape index (κ1) is 7.14. The van der Waals surface area contributed by atoms with Crippen molar-refractivity contribution in [2.24, 2.45) is 0 Å². The van der Waals surface area contributed by atoms with Gasteiger partial charge in [0.25, 0.3) is 0 Å². The SMILES string of the molecule is O=S(O)NC1CCOC1. The van der Waals surface area contributed by atoms with Crippen molar-refractivity contribution in [3.05, 3.63) is 0 Å². The van der Waals surface area contributed by atoms with Crippen LogP contribution in [0.3, 0.4) is 0 Å². The Bertz CT molecular complexity index is 112. The van der Waals surface area contributed by atoms with E-state index in [-0.39, 0.29) is 6.04 Å². The molecule has 54 valence electrons. The lowest BCUT2D eigenvalue weighted by atomic mass is 10.3. The lowest BCUT2D eigenvalue weighted by Crippen LogP contribution is -2.30. The number of nitrogens with one attached hydrogen (secondary N) is 1. The summed E-state index contributed by atoms with van der Waals surface area (Å²) in [5.41, 5.74) is 0. The molecule has 0 aromatic heterocycles. The molecule has 0 radical (unpaired) electrons. The number of hydrogen-bond acceptors (Lipinski definition) is 2. The molecule has 0 bridgehead atoms.